The minimum atomic E-state index is -0.946. The van der Waals surface area contributed by atoms with Gasteiger partial charge >= 0.3 is 0 Å². The van der Waals surface area contributed by atoms with Crippen LogP contribution in [0.25, 0.3) is 0 Å². The number of rotatable bonds is 5. The standard InChI is InChI=1S/C16H16Cl2N2O/c1-16(15(19)21,10-11-6-8-12(17)9-7-11)20-14-5-3-2-4-13(14)18/h2-9,20H,10H2,1H3,(H2,19,21). The third-order valence-corrected chi connectivity index (χ3v) is 3.88. The highest BCUT2D eigenvalue weighted by Gasteiger charge is 2.31. The van der Waals surface area contributed by atoms with E-state index in [9.17, 15) is 4.79 Å². The minimum absolute atomic E-state index is 0.435. The molecule has 0 aliphatic carbocycles. The average Bonchev–Trinajstić information content (AvgIpc) is 2.44. The largest absolute Gasteiger partial charge is 0.370 e. The van der Waals surface area contributed by atoms with Gasteiger partial charge in [-0.05, 0) is 36.8 Å². The molecule has 0 radical (unpaired) electrons. The molecule has 0 heterocycles. The van der Waals surface area contributed by atoms with Gasteiger partial charge in [-0.25, -0.2) is 0 Å². The number of primary amides is 1. The van der Waals surface area contributed by atoms with E-state index in [0.29, 0.717) is 22.2 Å². The van der Waals surface area contributed by atoms with Crippen molar-refractivity contribution in [1.29, 1.82) is 0 Å². The lowest BCUT2D eigenvalue weighted by Gasteiger charge is -2.29. The molecule has 110 valence electrons. The molecule has 2 rings (SSSR count). The van der Waals surface area contributed by atoms with Crippen LogP contribution < -0.4 is 11.1 Å². The molecule has 0 saturated carbocycles. The van der Waals surface area contributed by atoms with Crippen molar-refractivity contribution in [2.75, 3.05) is 5.32 Å². The summed E-state index contributed by atoms with van der Waals surface area (Å²) >= 11 is 12.0. The molecular weight excluding hydrogens is 307 g/mol. The van der Waals surface area contributed by atoms with Gasteiger partial charge in [0.2, 0.25) is 5.91 Å². The Morgan fingerprint density at radius 1 is 1.14 bits per heavy atom. The fourth-order valence-electron chi connectivity index (χ4n) is 2.06. The number of carbonyl (C=O) groups excluding carboxylic acids is 1. The summed E-state index contributed by atoms with van der Waals surface area (Å²) in [5.74, 6) is -0.447. The van der Waals surface area contributed by atoms with E-state index in [1.54, 1.807) is 25.1 Å². The van der Waals surface area contributed by atoms with E-state index in [-0.39, 0.29) is 0 Å². The molecule has 2 aromatic rings. The van der Waals surface area contributed by atoms with Crippen LogP contribution in [-0.2, 0) is 11.2 Å². The van der Waals surface area contributed by atoms with Crippen molar-refractivity contribution in [2.45, 2.75) is 18.9 Å². The second-order valence-corrected chi connectivity index (χ2v) is 5.95. The number of halogens is 2. The molecular formula is C16H16Cl2N2O. The zero-order valence-electron chi connectivity index (χ0n) is 11.6. The van der Waals surface area contributed by atoms with E-state index >= 15 is 0 Å². The third-order valence-electron chi connectivity index (χ3n) is 3.30. The van der Waals surface area contributed by atoms with Gasteiger partial charge in [0.15, 0.2) is 0 Å². The van der Waals surface area contributed by atoms with Crippen LogP contribution in [0.1, 0.15) is 12.5 Å². The lowest BCUT2D eigenvalue weighted by atomic mass is 9.91. The summed E-state index contributed by atoms with van der Waals surface area (Å²) in [7, 11) is 0. The number of nitrogens with one attached hydrogen (secondary N) is 1. The van der Waals surface area contributed by atoms with Gasteiger partial charge in [-0.3, -0.25) is 4.79 Å². The Morgan fingerprint density at radius 3 is 2.33 bits per heavy atom. The van der Waals surface area contributed by atoms with Gasteiger partial charge in [0.1, 0.15) is 5.54 Å². The third kappa shape index (κ3) is 3.90. The topological polar surface area (TPSA) is 55.1 Å². The molecule has 0 fully saturated rings. The molecule has 0 spiro atoms. The molecule has 1 atom stereocenters. The smallest absolute Gasteiger partial charge is 0.243 e. The first-order valence-electron chi connectivity index (χ1n) is 6.48. The summed E-state index contributed by atoms with van der Waals surface area (Å²) in [5.41, 5.74) is 6.26. The van der Waals surface area contributed by atoms with E-state index in [1.807, 2.05) is 30.3 Å². The SMILES string of the molecule is CC(Cc1ccc(Cl)cc1)(Nc1ccccc1Cl)C(N)=O. The molecule has 1 amide bonds. The highest BCUT2D eigenvalue weighted by atomic mass is 35.5. The fourth-order valence-corrected chi connectivity index (χ4v) is 2.37. The van der Waals surface area contributed by atoms with Gasteiger partial charge in [-0.1, -0.05) is 47.5 Å². The highest BCUT2D eigenvalue weighted by molar-refractivity contribution is 6.33. The van der Waals surface area contributed by atoms with Crippen molar-refractivity contribution in [3.8, 4) is 0 Å². The van der Waals surface area contributed by atoms with Gasteiger partial charge < -0.3 is 11.1 Å². The van der Waals surface area contributed by atoms with Crippen molar-refractivity contribution >= 4 is 34.8 Å². The Hall–Kier alpha value is -1.71. The first-order valence-corrected chi connectivity index (χ1v) is 7.23. The number of para-hydroxylation sites is 1. The molecule has 21 heavy (non-hydrogen) atoms. The normalized spacial score (nSPS) is 13.5. The van der Waals surface area contributed by atoms with Crippen molar-refractivity contribution in [1.82, 2.24) is 0 Å². The number of nitrogens with two attached hydrogens (primary N) is 1. The molecule has 3 nitrogen and oxygen atoms in total. The summed E-state index contributed by atoms with van der Waals surface area (Å²) in [6.07, 6.45) is 0.435. The number of amides is 1. The molecule has 5 heteroatoms. The van der Waals surface area contributed by atoms with E-state index in [4.69, 9.17) is 28.9 Å². The van der Waals surface area contributed by atoms with Crippen LogP contribution in [0.15, 0.2) is 48.5 Å². The fraction of sp³-hybridized carbons (Fsp3) is 0.188. The molecule has 0 bridgehead atoms. The summed E-state index contributed by atoms with van der Waals surface area (Å²) in [6.45, 7) is 1.76. The van der Waals surface area contributed by atoms with E-state index in [0.717, 1.165) is 5.56 Å². The van der Waals surface area contributed by atoms with E-state index in [1.165, 1.54) is 0 Å². The van der Waals surface area contributed by atoms with E-state index in [2.05, 4.69) is 5.32 Å². The van der Waals surface area contributed by atoms with Crippen LogP contribution in [-0.4, -0.2) is 11.4 Å². The Labute approximate surface area is 134 Å². The average molecular weight is 323 g/mol. The predicted molar refractivity (Wildman–Crippen MR) is 87.8 cm³/mol. The Morgan fingerprint density at radius 2 is 1.76 bits per heavy atom. The van der Waals surface area contributed by atoms with Crippen molar-refractivity contribution in [3.05, 3.63) is 64.1 Å². The maximum atomic E-state index is 11.9. The zero-order chi connectivity index (χ0) is 15.5. The van der Waals surface area contributed by atoms with Gasteiger partial charge in [-0.15, -0.1) is 0 Å². The van der Waals surface area contributed by atoms with Gasteiger partial charge in [-0.2, -0.15) is 0 Å². The molecule has 0 saturated heterocycles. The van der Waals surface area contributed by atoms with Crippen molar-refractivity contribution < 1.29 is 4.79 Å². The molecule has 1 unspecified atom stereocenters. The van der Waals surface area contributed by atoms with Crippen LogP contribution in [0.5, 0.6) is 0 Å². The Balaban J connectivity index is 2.26. The number of benzene rings is 2. The summed E-state index contributed by atoms with van der Waals surface area (Å²) in [6, 6.07) is 14.6. The van der Waals surface area contributed by atoms with Crippen LogP contribution >= 0.6 is 23.2 Å². The Kier molecular flexibility index (Phi) is 4.76. The van der Waals surface area contributed by atoms with Crippen molar-refractivity contribution in [2.24, 2.45) is 5.73 Å². The van der Waals surface area contributed by atoms with Gasteiger partial charge in [0, 0.05) is 11.4 Å². The highest BCUT2D eigenvalue weighted by Crippen LogP contribution is 2.26. The number of carbonyl (C=O) groups is 1. The number of hydrogen-bond donors (Lipinski definition) is 2. The predicted octanol–water partition coefficient (Wildman–Crippen LogP) is 3.89. The minimum Gasteiger partial charge on any atom is -0.370 e. The van der Waals surface area contributed by atoms with Crippen LogP contribution in [0, 0.1) is 0 Å². The first-order chi connectivity index (χ1) is 9.90. The van der Waals surface area contributed by atoms with Crippen LogP contribution in [0.2, 0.25) is 10.0 Å². The first kappa shape index (κ1) is 15.7. The summed E-state index contributed by atoms with van der Waals surface area (Å²) in [4.78, 5) is 11.9. The summed E-state index contributed by atoms with van der Waals surface area (Å²) < 4.78 is 0. The number of hydrogen-bond acceptors (Lipinski definition) is 2. The maximum Gasteiger partial charge on any atom is 0.243 e. The molecule has 2 aromatic carbocycles. The van der Waals surface area contributed by atoms with Gasteiger partial charge in [0.05, 0.1) is 10.7 Å². The second kappa shape index (κ2) is 6.37. The Bertz CT molecular complexity index is 643. The zero-order valence-corrected chi connectivity index (χ0v) is 13.1. The summed E-state index contributed by atoms with van der Waals surface area (Å²) in [5, 5.41) is 4.34. The lowest BCUT2D eigenvalue weighted by Crippen LogP contribution is -2.49. The van der Waals surface area contributed by atoms with E-state index < -0.39 is 11.4 Å². The van der Waals surface area contributed by atoms with Gasteiger partial charge in [0.25, 0.3) is 0 Å². The lowest BCUT2D eigenvalue weighted by molar-refractivity contribution is -0.121. The second-order valence-electron chi connectivity index (χ2n) is 5.10. The number of anilines is 1. The monoisotopic (exact) mass is 322 g/mol. The van der Waals surface area contributed by atoms with Crippen molar-refractivity contribution in [3.63, 3.8) is 0 Å². The molecule has 0 aliphatic rings. The molecule has 0 aliphatic heterocycles. The van der Waals surface area contributed by atoms with Crippen LogP contribution in [0.3, 0.4) is 0 Å². The quantitative estimate of drug-likeness (QED) is 0.877. The molecule has 3 N–H and O–H groups in total. The molecule has 0 aromatic heterocycles. The maximum absolute atomic E-state index is 11.9. The van der Waals surface area contributed by atoms with Crippen LogP contribution in [0.4, 0.5) is 5.69 Å².